The lowest BCUT2D eigenvalue weighted by atomic mass is 10.2. The molecule has 2 heterocycles. The zero-order chi connectivity index (χ0) is 18.7. The number of para-hydroxylation sites is 2. The van der Waals surface area contributed by atoms with Gasteiger partial charge in [-0.15, -0.1) is 5.10 Å². The summed E-state index contributed by atoms with van der Waals surface area (Å²) in [5, 5.41) is 18.8. The molecule has 1 aliphatic heterocycles. The summed E-state index contributed by atoms with van der Waals surface area (Å²) < 4.78 is 6.69. The number of aromatic nitrogens is 3. The number of amides is 2. The molecule has 26 heavy (non-hydrogen) atoms. The van der Waals surface area contributed by atoms with E-state index in [1.165, 1.54) is 11.1 Å². The van der Waals surface area contributed by atoms with Crippen LogP contribution in [0.1, 0.15) is 12.6 Å². The van der Waals surface area contributed by atoms with Crippen molar-refractivity contribution in [3.05, 3.63) is 36.2 Å². The summed E-state index contributed by atoms with van der Waals surface area (Å²) in [6, 6.07) is 7.00. The van der Waals surface area contributed by atoms with E-state index in [9.17, 15) is 14.4 Å². The number of carboxylic acid groups (broad SMARTS) is 1. The Morgan fingerprint density at radius 1 is 1.31 bits per heavy atom. The lowest BCUT2D eigenvalue weighted by molar-refractivity contribution is -0.138. The number of fused-ring (bicyclic) bond motifs is 1. The molecule has 0 aliphatic carbocycles. The van der Waals surface area contributed by atoms with E-state index in [-0.39, 0.29) is 31.4 Å². The van der Waals surface area contributed by atoms with E-state index in [2.05, 4.69) is 15.6 Å². The molecule has 136 valence electrons. The van der Waals surface area contributed by atoms with Gasteiger partial charge < -0.3 is 15.2 Å². The molecule has 0 spiro atoms. The first-order valence-electron chi connectivity index (χ1n) is 7.88. The SMILES string of the molecule is CC1Oc2ccccc2N(CC(=O)NCc2cn(CC(=O)O)nn2)C1=O. The molecular formula is C16H17N5O5. The molecule has 1 aromatic carbocycles. The van der Waals surface area contributed by atoms with Crippen LogP contribution in [-0.4, -0.2) is 50.5 Å². The molecule has 0 radical (unpaired) electrons. The van der Waals surface area contributed by atoms with Gasteiger partial charge in [0, 0.05) is 0 Å². The van der Waals surface area contributed by atoms with E-state index >= 15 is 0 Å². The summed E-state index contributed by atoms with van der Waals surface area (Å²) in [4.78, 5) is 36.6. The third kappa shape index (κ3) is 3.79. The smallest absolute Gasteiger partial charge is 0.325 e. The first-order chi connectivity index (χ1) is 12.4. The molecule has 2 aromatic rings. The minimum Gasteiger partial charge on any atom is -0.480 e. The van der Waals surface area contributed by atoms with E-state index in [1.807, 2.05) is 0 Å². The van der Waals surface area contributed by atoms with Crippen molar-refractivity contribution in [3.63, 3.8) is 0 Å². The van der Waals surface area contributed by atoms with Gasteiger partial charge in [0.05, 0.1) is 18.4 Å². The number of nitrogens with zero attached hydrogens (tertiary/aromatic N) is 4. The lowest BCUT2D eigenvalue weighted by Gasteiger charge is -2.32. The summed E-state index contributed by atoms with van der Waals surface area (Å²) in [6.45, 7) is 1.24. The third-order valence-corrected chi connectivity index (χ3v) is 3.73. The average molecular weight is 359 g/mol. The van der Waals surface area contributed by atoms with Gasteiger partial charge in [-0.1, -0.05) is 17.3 Å². The Morgan fingerprint density at radius 3 is 2.85 bits per heavy atom. The molecule has 0 bridgehead atoms. The van der Waals surface area contributed by atoms with Gasteiger partial charge in [0.25, 0.3) is 5.91 Å². The molecule has 10 heteroatoms. The number of ether oxygens (including phenoxy) is 1. The van der Waals surface area contributed by atoms with Gasteiger partial charge >= 0.3 is 5.97 Å². The fraction of sp³-hybridized carbons (Fsp3) is 0.312. The number of carbonyl (C=O) groups excluding carboxylic acids is 2. The highest BCUT2D eigenvalue weighted by atomic mass is 16.5. The number of hydrogen-bond acceptors (Lipinski definition) is 6. The van der Waals surface area contributed by atoms with Crippen LogP contribution in [0.3, 0.4) is 0 Å². The highest BCUT2D eigenvalue weighted by Crippen LogP contribution is 2.33. The monoisotopic (exact) mass is 359 g/mol. The minimum atomic E-state index is -1.04. The summed E-state index contributed by atoms with van der Waals surface area (Å²) in [6.07, 6.45) is 0.764. The fourth-order valence-electron chi connectivity index (χ4n) is 2.55. The average Bonchev–Trinajstić information content (AvgIpc) is 3.03. The van der Waals surface area contributed by atoms with Crippen molar-refractivity contribution in [2.45, 2.75) is 26.1 Å². The molecule has 1 atom stereocenters. The number of benzene rings is 1. The molecule has 2 N–H and O–H groups in total. The van der Waals surface area contributed by atoms with Crippen molar-refractivity contribution in [1.82, 2.24) is 20.3 Å². The van der Waals surface area contributed by atoms with Gasteiger partial charge in [-0.3, -0.25) is 19.3 Å². The molecule has 3 rings (SSSR count). The second kappa shape index (κ2) is 7.21. The van der Waals surface area contributed by atoms with Gasteiger partial charge in [-0.25, -0.2) is 4.68 Å². The molecule has 0 fully saturated rings. The van der Waals surface area contributed by atoms with Crippen LogP contribution in [0.25, 0.3) is 0 Å². The van der Waals surface area contributed by atoms with Crippen molar-refractivity contribution in [2.24, 2.45) is 0 Å². The van der Waals surface area contributed by atoms with E-state index < -0.39 is 12.1 Å². The maximum absolute atomic E-state index is 12.3. The van der Waals surface area contributed by atoms with Crippen LogP contribution < -0.4 is 15.0 Å². The van der Waals surface area contributed by atoms with Crippen LogP contribution in [0.2, 0.25) is 0 Å². The highest BCUT2D eigenvalue weighted by Gasteiger charge is 2.32. The molecular weight excluding hydrogens is 342 g/mol. The Kier molecular flexibility index (Phi) is 4.83. The maximum Gasteiger partial charge on any atom is 0.325 e. The molecule has 1 aliphatic rings. The second-order valence-electron chi connectivity index (χ2n) is 5.73. The first-order valence-corrected chi connectivity index (χ1v) is 7.88. The van der Waals surface area contributed by atoms with E-state index in [4.69, 9.17) is 9.84 Å². The van der Waals surface area contributed by atoms with E-state index in [1.54, 1.807) is 31.2 Å². The number of rotatable bonds is 6. The minimum absolute atomic E-state index is 0.0776. The van der Waals surface area contributed by atoms with Crippen molar-refractivity contribution in [2.75, 3.05) is 11.4 Å². The van der Waals surface area contributed by atoms with Crippen molar-refractivity contribution in [3.8, 4) is 5.75 Å². The first kappa shape index (κ1) is 17.4. The van der Waals surface area contributed by atoms with E-state index in [0.29, 0.717) is 17.1 Å². The zero-order valence-corrected chi connectivity index (χ0v) is 14.0. The van der Waals surface area contributed by atoms with Gasteiger partial charge in [0.2, 0.25) is 5.91 Å². The molecule has 1 unspecified atom stereocenters. The lowest BCUT2D eigenvalue weighted by Crippen LogP contribution is -2.48. The standard InChI is InChI=1S/C16H17N5O5/c1-10-16(25)21(12-4-2-3-5-13(12)26-10)8-14(22)17-6-11-7-20(19-18-11)9-15(23)24/h2-5,7,10H,6,8-9H2,1H3,(H,17,22)(H,23,24). The molecule has 0 saturated heterocycles. The Bertz CT molecular complexity index is 849. The Balaban J connectivity index is 1.62. The van der Waals surface area contributed by atoms with E-state index in [0.717, 1.165) is 4.68 Å². The summed E-state index contributed by atoms with van der Waals surface area (Å²) in [7, 11) is 0. The zero-order valence-electron chi connectivity index (χ0n) is 14.0. The Hall–Kier alpha value is -3.43. The number of hydrogen-bond donors (Lipinski definition) is 2. The van der Waals surface area contributed by atoms with Crippen LogP contribution in [0, 0.1) is 0 Å². The molecule has 1 aromatic heterocycles. The van der Waals surface area contributed by atoms with Crippen LogP contribution in [0.15, 0.2) is 30.5 Å². The number of nitrogens with one attached hydrogen (secondary N) is 1. The molecule has 0 saturated carbocycles. The largest absolute Gasteiger partial charge is 0.480 e. The molecule has 2 amide bonds. The molecule has 10 nitrogen and oxygen atoms in total. The second-order valence-corrected chi connectivity index (χ2v) is 5.73. The van der Waals surface area contributed by atoms with Crippen molar-refractivity contribution >= 4 is 23.5 Å². The van der Waals surface area contributed by atoms with Crippen LogP contribution in [0.4, 0.5) is 5.69 Å². The fourth-order valence-corrected chi connectivity index (χ4v) is 2.55. The number of aliphatic carboxylic acids is 1. The summed E-state index contributed by atoms with van der Waals surface area (Å²) in [5.41, 5.74) is 0.958. The highest BCUT2D eigenvalue weighted by molar-refractivity contribution is 6.03. The maximum atomic E-state index is 12.3. The van der Waals surface area contributed by atoms with Crippen LogP contribution in [-0.2, 0) is 27.5 Å². The third-order valence-electron chi connectivity index (χ3n) is 3.73. The van der Waals surface area contributed by atoms with Crippen LogP contribution >= 0.6 is 0 Å². The van der Waals surface area contributed by atoms with Gasteiger partial charge in [0.15, 0.2) is 6.10 Å². The number of carboxylic acids is 1. The number of carbonyl (C=O) groups is 3. The van der Waals surface area contributed by atoms with Crippen molar-refractivity contribution < 1.29 is 24.2 Å². The summed E-state index contributed by atoms with van der Waals surface area (Å²) >= 11 is 0. The summed E-state index contributed by atoms with van der Waals surface area (Å²) in [5.74, 6) is -1.17. The normalized spacial score (nSPS) is 16.0. The Labute approximate surface area is 148 Å². The van der Waals surface area contributed by atoms with Gasteiger partial charge in [0.1, 0.15) is 24.5 Å². The van der Waals surface area contributed by atoms with Crippen molar-refractivity contribution in [1.29, 1.82) is 0 Å². The van der Waals surface area contributed by atoms with Crippen LogP contribution in [0.5, 0.6) is 5.75 Å². The predicted molar refractivity (Wildman–Crippen MR) is 88.4 cm³/mol. The Morgan fingerprint density at radius 2 is 2.08 bits per heavy atom. The number of anilines is 1. The van der Waals surface area contributed by atoms with Gasteiger partial charge in [-0.05, 0) is 19.1 Å². The van der Waals surface area contributed by atoms with Gasteiger partial charge in [-0.2, -0.15) is 0 Å². The quantitative estimate of drug-likeness (QED) is 0.731. The topological polar surface area (TPSA) is 127 Å². The predicted octanol–water partition coefficient (Wildman–Crippen LogP) is -0.207.